The molecule has 2 atom stereocenters. The number of benzene rings is 3. The maximum Gasteiger partial charge on any atom is 0.170 e. The zero-order valence-corrected chi connectivity index (χ0v) is 21.3. The highest BCUT2D eigenvalue weighted by atomic mass is 32.1. The summed E-state index contributed by atoms with van der Waals surface area (Å²) in [5.41, 5.74) is 4.46. The molecule has 2 N–H and O–H groups in total. The highest BCUT2D eigenvalue weighted by Crippen LogP contribution is 2.39. The Bertz CT molecular complexity index is 1500. The van der Waals surface area contributed by atoms with Crippen molar-refractivity contribution in [1.29, 1.82) is 0 Å². The van der Waals surface area contributed by atoms with Gasteiger partial charge in [0.1, 0.15) is 0 Å². The molecule has 0 aliphatic carbocycles. The number of nitrogens with one attached hydrogen (secondary N) is 2. The number of hydrogen-bond acceptors (Lipinski definition) is 3. The van der Waals surface area contributed by atoms with Crippen molar-refractivity contribution in [3.05, 3.63) is 127 Å². The fourth-order valence-corrected chi connectivity index (χ4v) is 5.53. The van der Waals surface area contributed by atoms with Crippen LogP contribution >= 0.6 is 12.2 Å². The van der Waals surface area contributed by atoms with Gasteiger partial charge in [0.05, 0.1) is 17.8 Å². The molecule has 0 amide bonds. The monoisotopic (exact) mass is 503 g/mol. The van der Waals surface area contributed by atoms with E-state index in [2.05, 4.69) is 111 Å². The highest BCUT2D eigenvalue weighted by molar-refractivity contribution is 7.80. The molecule has 0 spiro atoms. The number of thiocarbonyl (C=S) groups is 1. The smallest absolute Gasteiger partial charge is 0.170 e. The predicted octanol–water partition coefficient (Wildman–Crippen LogP) is 6.50. The molecule has 37 heavy (non-hydrogen) atoms. The van der Waals surface area contributed by atoms with Crippen molar-refractivity contribution < 1.29 is 0 Å². The van der Waals surface area contributed by atoms with E-state index in [1.165, 1.54) is 16.5 Å². The van der Waals surface area contributed by atoms with Gasteiger partial charge in [0.25, 0.3) is 0 Å². The predicted molar refractivity (Wildman–Crippen MR) is 155 cm³/mol. The minimum atomic E-state index is -0.0371. The van der Waals surface area contributed by atoms with Gasteiger partial charge in [-0.15, -0.1) is 0 Å². The molecule has 2 aromatic heterocycles. The molecule has 5 aromatic rings. The molecule has 184 valence electrons. The summed E-state index contributed by atoms with van der Waals surface area (Å²) >= 11 is 5.89. The fraction of sp³-hybridized carbons (Fsp3) is 0.161. The van der Waals surface area contributed by atoms with Crippen molar-refractivity contribution in [3.63, 3.8) is 0 Å². The van der Waals surface area contributed by atoms with Crippen LogP contribution < -0.4 is 10.6 Å². The maximum absolute atomic E-state index is 5.89. The second kappa shape index (κ2) is 10.4. The number of hydrogen-bond donors (Lipinski definition) is 2. The number of fused-ring (bicyclic) bond motifs is 1. The van der Waals surface area contributed by atoms with Crippen LogP contribution in [0.5, 0.6) is 0 Å². The van der Waals surface area contributed by atoms with Crippen molar-refractivity contribution in [2.45, 2.75) is 18.5 Å². The Morgan fingerprint density at radius 1 is 0.838 bits per heavy atom. The summed E-state index contributed by atoms with van der Waals surface area (Å²) in [5.74, 6) is 0. The lowest BCUT2D eigenvalue weighted by Crippen LogP contribution is -2.32. The summed E-state index contributed by atoms with van der Waals surface area (Å²) in [6, 6.07) is 35.8. The van der Waals surface area contributed by atoms with Crippen LogP contribution in [-0.4, -0.2) is 32.7 Å². The van der Waals surface area contributed by atoms with E-state index < -0.39 is 0 Å². The van der Waals surface area contributed by atoms with E-state index in [0.717, 1.165) is 41.7 Å². The number of anilines is 1. The summed E-state index contributed by atoms with van der Waals surface area (Å²) in [7, 11) is 0. The van der Waals surface area contributed by atoms with Gasteiger partial charge in [0.2, 0.25) is 0 Å². The van der Waals surface area contributed by atoms with E-state index in [1.54, 1.807) is 0 Å². The Kier molecular flexibility index (Phi) is 6.57. The molecular weight excluding hydrogens is 474 g/mol. The first-order valence-electron chi connectivity index (χ1n) is 12.7. The Balaban J connectivity index is 1.31. The van der Waals surface area contributed by atoms with Crippen molar-refractivity contribution >= 4 is 33.8 Å². The molecule has 0 radical (unpaired) electrons. The lowest BCUT2D eigenvalue weighted by atomic mass is 10.0. The number of nitrogens with zero attached hydrogens (tertiary/aromatic N) is 3. The molecule has 1 aliphatic heterocycles. The van der Waals surface area contributed by atoms with Crippen LogP contribution in [-0.2, 0) is 0 Å². The second-order valence-electron chi connectivity index (χ2n) is 9.30. The first-order valence-corrected chi connectivity index (χ1v) is 13.1. The summed E-state index contributed by atoms with van der Waals surface area (Å²) in [4.78, 5) is 7.03. The molecule has 0 saturated carbocycles. The Hall–Kier alpha value is -4.16. The average Bonchev–Trinajstić information content (AvgIpc) is 3.56. The van der Waals surface area contributed by atoms with Gasteiger partial charge >= 0.3 is 0 Å². The van der Waals surface area contributed by atoms with Gasteiger partial charge in [0.15, 0.2) is 5.11 Å². The quantitative estimate of drug-likeness (QED) is 0.187. The van der Waals surface area contributed by atoms with Gasteiger partial charge in [-0.1, -0.05) is 54.6 Å². The zero-order chi connectivity index (χ0) is 25.0. The van der Waals surface area contributed by atoms with Crippen LogP contribution in [0.3, 0.4) is 0 Å². The van der Waals surface area contributed by atoms with Crippen molar-refractivity contribution in [2.24, 2.45) is 0 Å². The third-order valence-corrected chi connectivity index (χ3v) is 7.32. The van der Waals surface area contributed by atoms with E-state index in [-0.39, 0.29) is 12.1 Å². The lowest BCUT2D eigenvalue weighted by molar-refractivity contribution is 0.307. The second-order valence-corrected chi connectivity index (χ2v) is 9.69. The van der Waals surface area contributed by atoms with Crippen molar-refractivity contribution in [3.8, 4) is 5.69 Å². The average molecular weight is 504 g/mol. The topological polar surface area (TPSA) is 45.1 Å². The van der Waals surface area contributed by atoms with Crippen LogP contribution in [0.2, 0.25) is 0 Å². The largest absolute Gasteiger partial charge is 0.385 e. The molecule has 0 bridgehead atoms. The minimum Gasteiger partial charge on any atom is -0.385 e. The SMILES string of the molecule is S=C1NC(c2ccccn2)C(c2cccn2-c2ccc3ccccc3c2)N1CCCNc1ccccc1. The van der Waals surface area contributed by atoms with E-state index in [0.29, 0.717) is 0 Å². The summed E-state index contributed by atoms with van der Waals surface area (Å²) in [6.07, 6.45) is 4.95. The molecule has 6 heteroatoms. The van der Waals surface area contributed by atoms with Gasteiger partial charge in [-0.05, 0) is 77.9 Å². The van der Waals surface area contributed by atoms with E-state index >= 15 is 0 Å². The van der Waals surface area contributed by atoms with Crippen LogP contribution in [0, 0.1) is 0 Å². The summed E-state index contributed by atoms with van der Waals surface area (Å²) in [5, 5.41) is 10.3. The number of rotatable bonds is 8. The molecule has 2 unspecified atom stereocenters. The van der Waals surface area contributed by atoms with E-state index in [1.807, 2.05) is 24.4 Å². The van der Waals surface area contributed by atoms with Crippen LogP contribution in [0.4, 0.5) is 5.69 Å². The molecule has 1 aliphatic rings. The first-order chi connectivity index (χ1) is 18.3. The number of para-hydroxylation sites is 1. The summed E-state index contributed by atoms with van der Waals surface area (Å²) in [6.45, 7) is 1.71. The van der Waals surface area contributed by atoms with Gasteiger partial charge in [-0.25, -0.2) is 0 Å². The molecular formula is C31H29N5S. The number of pyridine rings is 1. The van der Waals surface area contributed by atoms with Crippen molar-refractivity contribution in [2.75, 3.05) is 18.4 Å². The highest BCUT2D eigenvalue weighted by Gasteiger charge is 2.40. The van der Waals surface area contributed by atoms with Crippen LogP contribution in [0.1, 0.15) is 29.9 Å². The molecule has 6 rings (SSSR count). The third kappa shape index (κ3) is 4.80. The summed E-state index contributed by atoms with van der Waals surface area (Å²) < 4.78 is 2.29. The standard InChI is InChI=1S/C31H29N5S/c37-31-34-29(27-14-6-7-18-33-27)30(36(31)21-9-19-32-25-12-2-1-3-13-25)28-15-8-20-35(28)26-17-16-23-10-4-5-11-24(23)22-26/h1-8,10-18,20,22,29-30,32H,9,19,21H2,(H,34,37). The molecule has 5 nitrogen and oxygen atoms in total. The maximum atomic E-state index is 5.89. The van der Waals surface area contributed by atoms with Crippen molar-refractivity contribution in [1.82, 2.24) is 19.8 Å². The first kappa shape index (κ1) is 23.3. The van der Waals surface area contributed by atoms with Gasteiger partial charge in [-0.2, -0.15) is 0 Å². The van der Waals surface area contributed by atoms with E-state index in [4.69, 9.17) is 17.2 Å². The Morgan fingerprint density at radius 3 is 2.49 bits per heavy atom. The lowest BCUT2D eigenvalue weighted by Gasteiger charge is -2.29. The molecule has 1 fully saturated rings. The minimum absolute atomic E-state index is 0.0144. The third-order valence-electron chi connectivity index (χ3n) is 6.97. The van der Waals surface area contributed by atoms with Gasteiger partial charge in [0, 0.05) is 42.6 Å². The van der Waals surface area contributed by atoms with E-state index in [9.17, 15) is 0 Å². The molecule has 3 aromatic carbocycles. The zero-order valence-electron chi connectivity index (χ0n) is 20.5. The molecule has 1 saturated heterocycles. The fourth-order valence-electron chi connectivity index (χ4n) is 5.20. The normalized spacial score (nSPS) is 17.2. The van der Waals surface area contributed by atoms with Crippen LogP contribution in [0.25, 0.3) is 16.5 Å². The van der Waals surface area contributed by atoms with Gasteiger partial charge in [-0.3, -0.25) is 4.98 Å². The number of aromatic nitrogens is 2. The molecule has 3 heterocycles. The Labute approximate surface area is 222 Å². The van der Waals surface area contributed by atoms with Crippen LogP contribution in [0.15, 0.2) is 116 Å². The van der Waals surface area contributed by atoms with Gasteiger partial charge < -0.3 is 20.1 Å². The Morgan fingerprint density at radius 2 is 1.65 bits per heavy atom.